The number of fused-ring (bicyclic) bond motifs is 3. The number of benzene rings is 3. The van der Waals surface area contributed by atoms with Crippen LogP contribution in [0.15, 0.2) is 60.7 Å². The van der Waals surface area contributed by atoms with Crippen molar-refractivity contribution in [2.75, 3.05) is 4.90 Å². The molecular weight excluding hydrogens is 274 g/mol. The van der Waals surface area contributed by atoms with E-state index in [1.54, 1.807) is 0 Å². The molecule has 3 aromatic carbocycles. The van der Waals surface area contributed by atoms with Gasteiger partial charge in [-0.05, 0) is 35.9 Å². The molecule has 0 spiro atoms. The molecule has 3 heteroatoms. The molecule has 1 aliphatic rings. The first-order chi connectivity index (χ1) is 10.7. The molecule has 0 aliphatic carbocycles. The van der Waals surface area contributed by atoms with Crippen molar-refractivity contribution in [1.29, 1.82) is 0 Å². The topological polar surface area (TPSA) is 37.4 Å². The van der Waals surface area contributed by atoms with Crippen molar-refractivity contribution in [2.24, 2.45) is 0 Å². The molecule has 1 amide bonds. The van der Waals surface area contributed by atoms with Crippen molar-refractivity contribution in [1.82, 2.24) is 0 Å². The number of nitrogens with zero attached hydrogens (tertiary/aromatic N) is 1. The lowest BCUT2D eigenvalue weighted by Gasteiger charge is -2.17. The number of ketones is 1. The highest BCUT2D eigenvalue weighted by atomic mass is 16.2. The van der Waals surface area contributed by atoms with Gasteiger partial charge in [0.15, 0.2) is 0 Å². The fourth-order valence-electron chi connectivity index (χ4n) is 2.95. The molecule has 4 rings (SSSR count). The van der Waals surface area contributed by atoms with Gasteiger partial charge >= 0.3 is 5.91 Å². The molecule has 106 valence electrons. The second-order valence-electron chi connectivity index (χ2n) is 5.49. The Labute approximate surface area is 127 Å². The molecular formula is C19H13NO2. The SMILES string of the molecule is Cc1ccc(N2C(=O)C(=O)c3c2ccc2ccccc32)cc1. The maximum Gasteiger partial charge on any atom is 0.304 e. The van der Waals surface area contributed by atoms with Gasteiger partial charge in [-0.25, -0.2) is 0 Å². The zero-order valence-corrected chi connectivity index (χ0v) is 12.0. The van der Waals surface area contributed by atoms with Crippen LogP contribution in [0.25, 0.3) is 10.8 Å². The van der Waals surface area contributed by atoms with E-state index in [0.29, 0.717) is 11.3 Å². The van der Waals surface area contributed by atoms with Crippen LogP contribution in [0.5, 0.6) is 0 Å². The normalized spacial score (nSPS) is 13.8. The van der Waals surface area contributed by atoms with Crippen LogP contribution < -0.4 is 4.90 Å². The van der Waals surface area contributed by atoms with Gasteiger partial charge in [-0.15, -0.1) is 0 Å². The molecule has 0 fully saturated rings. The van der Waals surface area contributed by atoms with Gasteiger partial charge in [0.2, 0.25) is 0 Å². The third kappa shape index (κ3) is 1.69. The highest BCUT2D eigenvalue weighted by Gasteiger charge is 2.37. The van der Waals surface area contributed by atoms with Gasteiger partial charge in [0.25, 0.3) is 5.78 Å². The molecule has 0 atom stereocenters. The lowest BCUT2D eigenvalue weighted by Crippen LogP contribution is -2.24. The van der Waals surface area contributed by atoms with Crippen molar-refractivity contribution in [3.05, 3.63) is 71.8 Å². The predicted molar refractivity (Wildman–Crippen MR) is 86.6 cm³/mol. The van der Waals surface area contributed by atoms with Crippen molar-refractivity contribution >= 4 is 33.8 Å². The van der Waals surface area contributed by atoms with Crippen LogP contribution in [-0.2, 0) is 4.79 Å². The summed E-state index contributed by atoms with van der Waals surface area (Å²) in [6, 6.07) is 19.0. The quantitative estimate of drug-likeness (QED) is 0.634. The van der Waals surface area contributed by atoms with E-state index in [4.69, 9.17) is 0 Å². The monoisotopic (exact) mass is 287 g/mol. The van der Waals surface area contributed by atoms with E-state index in [9.17, 15) is 9.59 Å². The van der Waals surface area contributed by atoms with E-state index in [1.807, 2.05) is 67.6 Å². The van der Waals surface area contributed by atoms with Crippen LogP contribution in [0.4, 0.5) is 11.4 Å². The molecule has 1 heterocycles. The largest absolute Gasteiger partial charge is 0.304 e. The Morgan fingerprint density at radius 2 is 1.55 bits per heavy atom. The molecule has 0 saturated carbocycles. The molecule has 3 nitrogen and oxygen atoms in total. The molecule has 0 N–H and O–H groups in total. The van der Waals surface area contributed by atoms with Crippen molar-refractivity contribution in [3.8, 4) is 0 Å². The number of amides is 1. The number of rotatable bonds is 1. The first kappa shape index (κ1) is 12.8. The molecule has 22 heavy (non-hydrogen) atoms. The van der Waals surface area contributed by atoms with Gasteiger partial charge < -0.3 is 0 Å². The first-order valence-electron chi connectivity index (χ1n) is 7.14. The van der Waals surface area contributed by atoms with Crippen LogP contribution in [0.2, 0.25) is 0 Å². The molecule has 0 bridgehead atoms. The van der Waals surface area contributed by atoms with Crippen molar-refractivity contribution in [3.63, 3.8) is 0 Å². The molecule has 0 unspecified atom stereocenters. The zero-order valence-electron chi connectivity index (χ0n) is 12.0. The van der Waals surface area contributed by atoms with E-state index in [2.05, 4.69) is 0 Å². The molecule has 0 saturated heterocycles. The van der Waals surface area contributed by atoms with Gasteiger partial charge in [-0.2, -0.15) is 0 Å². The second kappa shape index (κ2) is 4.53. The van der Waals surface area contributed by atoms with E-state index >= 15 is 0 Å². The summed E-state index contributed by atoms with van der Waals surface area (Å²) in [5.74, 6) is -0.928. The van der Waals surface area contributed by atoms with Gasteiger partial charge in [0.05, 0.1) is 11.3 Å². The van der Waals surface area contributed by atoms with Gasteiger partial charge in [0.1, 0.15) is 0 Å². The second-order valence-corrected chi connectivity index (χ2v) is 5.49. The van der Waals surface area contributed by atoms with E-state index in [-0.39, 0.29) is 0 Å². The number of carbonyl (C=O) groups excluding carboxylic acids is 2. The Hall–Kier alpha value is -2.94. The number of hydrogen-bond donors (Lipinski definition) is 0. The minimum absolute atomic E-state index is 0.438. The summed E-state index contributed by atoms with van der Waals surface area (Å²) in [5, 5.41) is 1.79. The van der Waals surface area contributed by atoms with Crippen LogP contribution in [0.1, 0.15) is 15.9 Å². The zero-order chi connectivity index (χ0) is 15.3. The third-order valence-corrected chi connectivity index (χ3v) is 4.06. The molecule has 3 aromatic rings. The fraction of sp³-hybridized carbons (Fsp3) is 0.0526. The molecule has 0 radical (unpaired) electrons. The standard InChI is InChI=1S/C19H13NO2/c1-12-6-9-14(10-7-12)20-16-11-8-13-4-2-3-5-15(13)17(16)18(21)19(20)22/h2-11H,1H3. The smallest absolute Gasteiger partial charge is 0.283 e. The number of anilines is 2. The summed E-state index contributed by atoms with van der Waals surface area (Å²) in [6.07, 6.45) is 0. The average molecular weight is 287 g/mol. The van der Waals surface area contributed by atoms with Gasteiger partial charge in [-0.3, -0.25) is 14.5 Å². The summed E-state index contributed by atoms with van der Waals surface area (Å²) >= 11 is 0. The maximum absolute atomic E-state index is 12.5. The van der Waals surface area contributed by atoms with Crippen LogP contribution in [0, 0.1) is 6.92 Å². The van der Waals surface area contributed by atoms with Crippen LogP contribution >= 0.6 is 0 Å². The average Bonchev–Trinajstić information content (AvgIpc) is 2.80. The Kier molecular flexibility index (Phi) is 2.63. The maximum atomic E-state index is 12.5. The summed E-state index contributed by atoms with van der Waals surface area (Å²) in [5.41, 5.74) is 3.00. The summed E-state index contributed by atoms with van der Waals surface area (Å²) < 4.78 is 0. The summed E-state index contributed by atoms with van der Waals surface area (Å²) in [7, 11) is 0. The summed E-state index contributed by atoms with van der Waals surface area (Å²) in [4.78, 5) is 26.4. The molecule has 1 aliphatic heterocycles. The predicted octanol–water partition coefficient (Wildman–Crippen LogP) is 4.01. The lowest BCUT2D eigenvalue weighted by molar-refractivity contribution is -0.113. The minimum Gasteiger partial charge on any atom is -0.283 e. The van der Waals surface area contributed by atoms with E-state index in [1.165, 1.54) is 4.90 Å². The van der Waals surface area contributed by atoms with Crippen molar-refractivity contribution < 1.29 is 9.59 Å². The van der Waals surface area contributed by atoms with E-state index < -0.39 is 11.7 Å². The number of aryl methyl sites for hydroxylation is 1. The lowest BCUT2D eigenvalue weighted by atomic mass is 10.0. The Balaban J connectivity index is 1.98. The van der Waals surface area contributed by atoms with Crippen LogP contribution in [-0.4, -0.2) is 11.7 Å². The minimum atomic E-state index is -0.491. The first-order valence-corrected chi connectivity index (χ1v) is 7.14. The van der Waals surface area contributed by atoms with Gasteiger partial charge in [-0.1, -0.05) is 48.0 Å². The Morgan fingerprint density at radius 3 is 2.32 bits per heavy atom. The number of Topliss-reactive ketones (excluding diaryl/α,β-unsaturated/α-hetero) is 1. The Morgan fingerprint density at radius 1 is 0.818 bits per heavy atom. The van der Waals surface area contributed by atoms with Crippen LogP contribution in [0.3, 0.4) is 0 Å². The number of hydrogen-bond acceptors (Lipinski definition) is 2. The number of carbonyl (C=O) groups is 2. The highest BCUT2D eigenvalue weighted by Crippen LogP contribution is 2.39. The highest BCUT2D eigenvalue weighted by molar-refractivity contribution is 6.55. The fourth-order valence-corrected chi connectivity index (χ4v) is 2.95. The Bertz CT molecular complexity index is 926. The van der Waals surface area contributed by atoms with E-state index in [0.717, 1.165) is 22.0 Å². The van der Waals surface area contributed by atoms with Gasteiger partial charge in [0, 0.05) is 5.69 Å². The summed E-state index contributed by atoms with van der Waals surface area (Å²) in [6.45, 7) is 1.99. The molecule has 0 aromatic heterocycles. The third-order valence-electron chi connectivity index (χ3n) is 4.06. The van der Waals surface area contributed by atoms with Crippen molar-refractivity contribution in [2.45, 2.75) is 6.92 Å².